The summed E-state index contributed by atoms with van der Waals surface area (Å²) in [5, 5.41) is 40.1. The van der Waals surface area contributed by atoms with Crippen molar-refractivity contribution in [2.45, 2.75) is 243 Å². The molecular weight excluding hydrogens is 725 g/mol. The Kier molecular flexibility index (Phi) is 35.8. The van der Waals surface area contributed by atoms with E-state index >= 15 is 0 Å². The highest BCUT2D eigenvalue weighted by Crippen LogP contribution is 2.23. The molecule has 1 fully saturated rings. The molecular formula is C47H86O10. The van der Waals surface area contributed by atoms with Crippen LogP contribution in [0.15, 0.2) is 24.3 Å². The number of carbonyl (C=O) groups excluding carboxylic acids is 2. The molecule has 10 heteroatoms. The van der Waals surface area contributed by atoms with Crippen LogP contribution in [0.3, 0.4) is 0 Å². The number of aliphatic hydroxyl groups is 4. The minimum Gasteiger partial charge on any atom is -0.462 e. The molecule has 6 atom stereocenters. The van der Waals surface area contributed by atoms with Gasteiger partial charge in [-0.05, 0) is 44.9 Å². The van der Waals surface area contributed by atoms with Crippen LogP contribution in [-0.4, -0.2) is 89.0 Å². The van der Waals surface area contributed by atoms with E-state index in [0.29, 0.717) is 6.42 Å². The van der Waals surface area contributed by atoms with Crippen molar-refractivity contribution in [1.29, 1.82) is 0 Å². The molecule has 0 saturated carbocycles. The van der Waals surface area contributed by atoms with Crippen LogP contribution in [0.25, 0.3) is 0 Å². The molecule has 1 aliphatic rings. The SMILES string of the molecule is CCCCCCC/C=C\C/C=C\CCCCCCCCCCCC(=O)OC(COC(=O)CCCCCCCCCCCCC)COC1OC(CO)C(O)C(O)C1O. The molecule has 0 bridgehead atoms. The number of aliphatic hydroxyl groups excluding tert-OH is 4. The van der Waals surface area contributed by atoms with Crippen molar-refractivity contribution < 1.29 is 49.0 Å². The second-order valence-electron chi connectivity index (χ2n) is 16.2. The van der Waals surface area contributed by atoms with Crippen LogP contribution < -0.4 is 0 Å². The van der Waals surface area contributed by atoms with Crippen LogP contribution in [0.4, 0.5) is 0 Å². The highest BCUT2D eigenvalue weighted by atomic mass is 16.7. The maximum Gasteiger partial charge on any atom is 0.306 e. The van der Waals surface area contributed by atoms with Gasteiger partial charge in [0.15, 0.2) is 12.4 Å². The summed E-state index contributed by atoms with van der Waals surface area (Å²) in [6.45, 7) is 3.41. The molecule has 334 valence electrons. The number of ether oxygens (including phenoxy) is 4. The first-order valence-electron chi connectivity index (χ1n) is 23.4. The van der Waals surface area contributed by atoms with Gasteiger partial charge in [-0.15, -0.1) is 0 Å². The van der Waals surface area contributed by atoms with Crippen LogP contribution in [0.1, 0.15) is 206 Å². The van der Waals surface area contributed by atoms with Gasteiger partial charge in [0.05, 0.1) is 13.2 Å². The molecule has 4 N–H and O–H groups in total. The van der Waals surface area contributed by atoms with Crippen LogP contribution in [-0.2, 0) is 28.5 Å². The number of hydrogen-bond acceptors (Lipinski definition) is 10. The van der Waals surface area contributed by atoms with E-state index in [0.717, 1.165) is 51.4 Å². The first-order valence-corrected chi connectivity index (χ1v) is 23.4. The Balaban J connectivity index is 2.28. The van der Waals surface area contributed by atoms with E-state index in [9.17, 15) is 30.0 Å². The fraction of sp³-hybridized carbons (Fsp3) is 0.872. The molecule has 1 saturated heterocycles. The van der Waals surface area contributed by atoms with Gasteiger partial charge in [-0.2, -0.15) is 0 Å². The average Bonchev–Trinajstić information content (AvgIpc) is 3.21. The van der Waals surface area contributed by atoms with Crippen molar-refractivity contribution in [1.82, 2.24) is 0 Å². The summed E-state index contributed by atoms with van der Waals surface area (Å²) in [5.41, 5.74) is 0. The van der Waals surface area contributed by atoms with Gasteiger partial charge in [-0.25, -0.2) is 0 Å². The van der Waals surface area contributed by atoms with E-state index in [2.05, 4.69) is 38.2 Å². The minimum absolute atomic E-state index is 0.215. The summed E-state index contributed by atoms with van der Waals surface area (Å²) >= 11 is 0. The molecule has 6 unspecified atom stereocenters. The smallest absolute Gasteiger partial charge is 0.306 e. The second-order valence-corrected chi connectivity index (χ2v) is 16.2. The zero-order chi connectivity index (χ0) is 41.6. The normalized spacial score (nSPS) is 20.4. The second kappa shape index (κ2) is 38.4. The molecule has 0 radical (unpaired) electrons. The number of unbranched alkanes of at least 4 members (excludes halogenated alkanes) is 24. The third-order valence-corrected chi connectivity index (χ3v) is 10.8. The van der Waals surface area contributed by atoms with Gasteiger partial charge in [0.2, 0.25) is 0 Å². The quantitative estimate of drug-likeness (QED) is 0.0268. The summed E-state index contributed by atoms with van der Waals surface area (Å²) in [7, 11) is 0. The van der Waals surface area contributed by atoms with E-state index < -0.39 is 49.4 Å². The molecule has 57 heavy (non-hydrogen) atoms. The number of hydrogen-bond donors (Lipinski definition) is 4. The fourth-order valence-electron chi connectivity index (χ4n) is 7.10. The van der Waals surface area contributed by atoms with E-state index in [1.807, 2.05) is 0 Å². The van der Waals surface area contributed by atoms with Crippen molar-refractivity contribution >= 4 is 11.9 Å². The van der Waals surface area contributed by atoms with Gasteiger partial charge >= 0.3 is 11.9 Å². The van der Waals surface area contributed by atoms with Gasteiger partial charge < -0.3 is 39.4 Å². The van der Waals surface area contributed by atoms with Crippen LogP contribution in [0, 0.1) is 0 Å². The molecule has 0 aromatic rings. The van der Waals surface area contributed by atoms with Gasteiger partial charge in [-0.3, -0.25) is 9.59 Å². The molecule has 10 nitrogen and oxygen atoms in total. The van der Waals surface area contributed by atoms with Crippen LogP contribution >= 0.6 is 0 Å². The summed E-state index contributed by atoms with van der Waals surface area (Å²) < 4.78 is 22.2. The Bertz CT molecular complexity index is 985. The van der Waals surface area contributed by atoms with Crippen molar-refractivity contribution in [2.75, 3.05) is 19.8 Å². The summed E-state index contributed by atoms with van der Waals surface area (Å²) in [6, 6.07) is 0. The van der Waals surface area contributed by atoms with Crippen molar-refractivity contribution in [3.8, 4) is 0 Å². The predicted octanol–water partition coefficient (Wildman–Crippen LogP) is 10.1. The van der Waals surface area contributed by atoms with E-state index in [1.165, 1.54) is 122 Å². The predicted molar refractivity (Wildman–Crippen MR) is 229 cm³/mol. The lowest BCUT2D eigenvalue weighted by Gasteiger charge is -2.39. The average molecular weight is 811 g/mol. The van der Waals surface area contributed by atoms with Gasteiger partial charge in [0, 0.05) is 12.8 Å². The highest BCUT2D eigenvalue weighted by Gasteiger charge is 2.44. The van der Waals surface area contributed by atoms with E-state index in [-0.39, 0.29) is 32.0 Å². The zero-order valence-corrected chi connectivity index (χ0v) is 36.3. The summed E-state index contributed by atoms with van der Waals surface area (Å²) in [4.78, 5) is 25.3. The molecule has 0 aromatic heterocycles. The first-order chi connectivity index (χ1) is 27.8. The van der Waals surface area contributed by atoms with Gasteiger partial charge in [0.25, 0.3) is 0 Å². The Hall–Kier alpha value is -1.82. The van der Waals surface area contributed by atoms with E-state index in [4.69, 9.17) is 18.9 Å². The Morgan fingerprint density at radius 2 is 0.982 bits per heavy atom. The van der Waals surface area contributed by atoms with Crippen molar-refractivity contribution in [3.63, 3.8) is 0 Å². The standard InChI is InChI=1S/C47H86O10/c1-3-5-7-9-11-13-15-16-17-18-19-20-21-22-23-24-26-28-30-32-34-36-43(50)56-40(39-55-47-46(53)45(52)44(51)41(37-48)57-47)38-54-42(49)35-33-31-29-27-25-14-12-10-8-6-4-2/h15-16,18-19,40-41,44-48,51-53H,3-14,17,20-39H2,1-2H3/b16-15-,19-18-. The number of esters is 2. The molecule has 0 aromatic carbocycles. The monoisotopic (exact) mass is 811 g/mol. The number of carbonyl (C=O) groups is 2. The third-order valence-electron chi connectivity index (χ3n) is 10.8. The molecule has 1 heterocycles. The number of allylic oxidation sites excluding steroid dienone is 4. The lowest BCUT2D eigenvalue weighted by atomic mass is 9.99. The van der Waals surface area contributed by atoms with Crippen LogP contribution in [0.5, 0.6) is 0 Å². The van der Waals surface area contributed by atoms with Gasteiger partial charge in [0.1, 0.15) is 31.0 Å². The summed E-state index contributed by atoms with van der Waals surface area (Å²) in [5.74, 6) is -0.805. The number of rotatable bonds is 39. The lowest BCUT2D eigenvalue weighted by molar-refractivity contribution is -0.305. The Morgan fingerprint density at radius 3 is 1.46 bits per heavy atom. The maximum absolute atomic E-state index is 12.8. The van der Waals surface area contributed by atoms with E-state index in [1.54, 1.807) is 0 Å². The minimum atomic E-state index is -1.59. The molecule has 0 aliphatic carbocycles. The van der Waals surface area contributed by atoms with Crippen molar-refractivity contribution in [2.24, 2.45) is 0 Å². The first kappa shape index (κ1) is 53.2. The Morgan fingerprint density at radius 1 is 0.544 bits per heavy atom. The van der Waals surface area contributed by atoms with Gasteiger partial charge in [-0.1, -0.05) is 173 Å². The third kappa shape index (κ3) is 30.0. The van der Waals surface area contributed by atoms with Crippen LogP contribution in [0.2, 0.25) is 0 Å². The Labute approximate surface area is 347 Å². The molecule has 1 rings (SSSR count). The lowest BCUT2D eigenvalue weighted by Crippen LogP contribution is -2.59. The summed E-state index contributed by atoms with van der Waals surface area (Å²) in [6.07, 6.45) is 34.7. The maximum atomic E-state index is 12.8. The fourth-order valence-corrected chi connectivity index (χ4v) is 7.10. The molecule has 1 aliphatic heterocycles. The zero-order valence-electron chi connectivity index (χ0n) is 36.3. The largest absolute Gasteiger partial charge is 0.462 e. The highest BCUT2D eigenvalue weighted by molar-refractivity contribution is 5.70. The molecule has 0 spiro atoms. The topological polar surface area (TPSA) is 152 Å². The van der Waals surface area contributed by atoms with Crippen molar-refractivity contribution in [3.05, 3.63) is 24.3 Å². The molecule has 0 amide bonds.